The van der Waals surface area contributed by atoms with Crippen molar-refractivity contribution in [3.8, 4) is 5.75 Å². The number of hydrogen-bond donors (Lipinski definition) is 2. The molecule has 0 amide bonds. The summed E-state index contributed by atoms with van der Waals surface area (Å²) in [6.07, 6.45) is -5.03. The van der Waals surface area contributed by atoms with Crippen LogP contribution in [0.4, 0.5) is 18.9 Å². The second kappa shape index (κ2) is 4.41. The van der Waals surface area contributed by atoms with Crippen molar-refractivity contribution in [2.24, 2.45) is 5.73 Å². The van der Waals surface area contributed by atoms with Crippen LogP contribution in [0.15, 0.2) is 10.9 Å². The zero-order valence-electron chi connectivity index (χ0n) is 8.08. The van der Waals surface area contributed by atoms with Crippen molar-refractivity contribution in [3.63, 3.8) is 0 Å². The first-order chi connectivity index (χ1) is 7.74. The summed E-state index contributed by atoms with van der Waals surface area (Å²) in [6.45, 7) is -0.460. The van der Waals surface area contributed by atoms with E-state index in [0.29, 0.717) is 6.07 Å². The largest absolute Gasteiger partial charge is 0.573 e. The number of alkyl halides is 3. The Kier molecular flexibility index (Phi) is 3.36. The van der Waals surface area contributed by atoms with Crippen molar-refractivity contribution in [1.29, 1.82) is 0 Å². The molecule has 94 valence electrons. The molecule has 0 aromatic carbocycles. The molecule has 0 aliphatic heterocycles. The molecule has 7 nitrogen and oxygen atoms in total. The normalized spacial score (nSPS) is 11.3. The molecule has 17 heavy (non-hydrogen) atoms. The predicted octanol–water partition coefficient (Wildman–Crippen LogP) is 0.640. The Labute approximate surface area is 91.1 Å². The van der Waals surface area contributed by atoms with E-state index in [1.54, 1.807) is 0 Å². The number of nitrogens with two attached hydrogens (primary N) is 1. The first kappa shape index (κ1) is 13.0. The third kappa shape index (κ3) is 3.17. The number of hydrogen-bond acceptors (Lipinski definition) is 5. The van der Waals surface area contributed by atoms with Crippen LogP contribution in [0.2, 0.25) is 0 Å². The lowest BCUT2D eigenvalue weighted by molar-refractivity contribution is -0.386. The Morgan fingerprint density at radius 2 is 2.12 bits per heavy atom. The van der Waals surface area contributed by atoms with Gasteiger partial charge in [-0.1, -0.05) is 0 Å². The van der Waals surface area contributed by atoms with Gasteiger partial charge in [-0.3, -0.25) is 14.9 Å². The van der Waals surface area contributed by atoms with E-state index in [1.807, 2.05) is 4.98 Å². The van der Waals surface area contributed by atoms with Crippen molar-refractivity contribution in [3.05, 3.63) is 32.2 Å². The predicted molar refractivity (Wildman–Crippen MR) is 48.3 cm³/mol. The maximum atomic E-state index is 12.0. The molecular formula is C7H6F3N3O4. The van der Waals surface area contributed by atoms with Gasteiger partial charge in [0.15, 0.2) is 5.75 Å². The Bertz CT molecular complexity index is 496. The third-order valence-electron chi connectivity index (χ3n) is 1.69. The molecular weight excluding hydrogens is 247 g/mol. The van der Waals surface area contributed by atoms with Gasteiger partial charge in [-0.2, -0.15) is 0 Å². The topological polar surface area (TPSA) is 111 Å². The molecule has 3 N–H and O–H groups in total. The lowest BCUT2D eigenvalue weighted by Gasteiger charge is -2.11. The minimum absolute atomic E-state index is 0.377. The van der Waals surface area contributed by atoms with Crippen molar-refractivity contribution in [2.75, 3.05) is 0 Å². The molecule has 1 rings (SSSR count). The van der Waals surface area contributed by atoms with Gasteiger partial charge < -0.3 is 15.5 Å². The summed E-state index contributed by atoms with van der Waals surface area (Å²) >= 11 is 0. The van der Waals surface area contributed by atoms with Crippen LogP contribution in [0, 0.1) is 10.1 Å². The van der Waals surface area contributed by atoms with Crippen LogP contribution in [0.5, 0.6) is 5.75 Å². The molecule has 0 aliphatic rings. The number of ether oxygens (including phenoxy) is 1. The number of pyridine rings is 1. The smallest absolute Gasteiger partial charge is 0.404 e. The molecule has 0 atom stereocenters. The average molecular weight is 253 g/mol. The van der Waals surface area contributed by atoms with E-state index in [-0.39, 0.29) is 5.69 Å². The Morgan fingerprint density at radius 1 is 1.53 bits per heavy atom. The lowest BCUT2D eigenvalue weighted by atomic mass is 10.3. The number of H-pyrrole nitrogens is 1. The quantitative estimate of drug-likeness (QED) is 0.606. The van der Waals surface area contributed by atoms with Crippen molar-refractivity contribution < 1.29 is 22.8 Å². The standard InChI is InChI=1S/C7H6F3N3O4/c8-7(9,10)17-5-1-4(13(15)16)6(14)12-3(5)2-11/h1H,2,11H2,(H,12,14). The SMILES string of the molecule is NCc1[nH]c(=O)c([N+](=O)[O-])cc1OC(F)(F)F. The monoisotopic (exact) mass is 253 g/mol. The van der Waals surface area contributed by atoms with E-state index >= 15 is 0 Å². The molecule has 0 saturated carbocycles. The van der Waals surface area contributed by atoms with Crippen LogP contribution >= 0.6 is 0 Å². The minimum Gasteiger partial charge on any atom is -0.404 e. The Balaban J connectivity index is 3.32. The van der Waals surface area contributed by atoms with Crippen LogP contribution in [0.3, 0.4) is 0 Å². The molecule has 0 unspecified atom stereocenters. The van der Waals surface area contributed by atoms with Crippen LogP contribution in [0.25, 0.3) is 0 Å². The van der Waals surface area contributed by atoms with Crippen molar-refractivity contribution in [2.45, 2.75) is 12.9 Å². The molecule has 0 aliphatic carbocycles. The van der Waals surface area contributed by atoms with E-state index in [9.17, 15) is 28.1 Å². The third-order valence-corrected chi connectivity index (χ3v) is 1.69. The number of nitrogens with one attached hydrogen (secondary N) is 1. The van der Waals surface area contributed by atoms with Gasteiger partial charge in [0.2, 0.25) is 0 Å². The molecule has 1 aromatic heterocycles. The summed E-state index contributed by atoms with van der Waals surface area (Å²) in [4.78, 5) is 22.2. The van der Waals surface area contributed by atoms with Gasteiger partial charge in [0, 0.05) is 6.54 Å². The van der Waals surface area contributed by atoms with Gasteiger partial charge in [0.1, 0.15) is 0 Å². The van der Waals surface area contributed by atoms with Gasteiger partial charge in [-0.15, -0.1) is 13.2 Å². The van der Waals surface area contributed by atoms with Gasteiger partial charge in [-0.05, 0) is 0 Å². The zero-order valence-corrected chi connectivity index (χ0v) is 8.08. The molecule has 0 spiro atoms. The van der Waals surface area contributed by atoms with E-state index in [0.717, 1.165) is 0 Å². The first-order valence-corrected chi connectivity index (χ1v) is 4.11. The average Bonchev–Trinajstić information content (AvgIpc) is 2.17. The maximum absolute atomic E-state index is 12.0. The number of nitrogens with zero attached hydrogens (tertiary/aromatic N) is 1. The highest BCUT2D eigenvalue weighted by molar-refractivity contribution is 5.39. The summed E-state index contributed by atoms with van der Waals surface area (Å²) in [5.74, 6) is -0.897. The molecule has 1 aromatic rings. The minimum atomic E-state index is -5.03. The zero-order chi connectivity index (χ0) is 13.2. The molecule has 0 bridgehead atoms. The maximum Gasteiger partial charge on any atom is 0.573 e. The van der Waals surface area contributed by atoms with E-state index in [1.165, 1.54) is 0 Å². The number of aromatic nitrogens is 1. The first-order valence-electron chi connectivity index (χ1n) is 4.11. The van der Waals surface area contributed by atoms with Crippen LogP contribution in [0.1, 0.15) is 5.69 Å². The summed E-state index contributed by atoms with van der Waals surface area (Å²) < 4.78 is 39.4. The highest BCUT2D eigenvalue weighted by atomic mass is 19.4. The molecule has 10 heteroatoms. The summed E-state index contributed by atoms with van der Waals surface area (Å²) in [5.41, 5.74) is 2.50. The van der Waals surface area contributed by atoms with Crippen molar-refractivity contribution in [1.82, 2.24) is 4.98 Å². The second-order valence-electron chi connectivity index (χ2n) is 2.84. The fourth-order valence-electron chi connectivity index (χ4n) is 1.04. The van der Waals surface area contributed by atoms with Gasteiger partial charge in [-0.25, -0.2) is 0 Å². The van der Waals surface area contributed by atoms with Crippen molar-refractivity contribution >= 4 is 5.69 Å². The number of rotatable bonds is 3. The lowest BCUT2D eigenvalue weighted by Crippen LogP contribution is -2.22. The van der Waals surface area contributed by atoms with E-state index in [4.69, 9.17) is 5.73 Å². The van der Waals surface area contributed by atoms with E-state index < -0.39 is 34.8 Å². The molecule has 0 fully saturated rings. The number of aromatic amines is 1. The number of halogens is 3. The molecule has 0 radical (unpaired) electrons. The summed E-state index contributed by atoms with van der Waals surface area (Å²) in [6, 6.07) is 0.383. The fraction of sp³-hybridized carbons (Fsp3) is 0.286. The number of nitro groups is 1. The fourth-order valence-corrected chi connectivity index (χ4v) is 1.04. The molecule has 0 saturated heterocycles. The van der Waals surface area contributed by atoms with Crippen LogP contribution < -0.4 is 16.0 Å². The highest BCUT2D eigenvalue weighted by Gasteiger charge is 2.33. The summed E-state index contributed by atoms with van der Waals surface area (Å²) in [7, 11) is 0. The van der Waals surface area contributed by atoms with Gasteiger partial charge >= 0.3 is 17.6 Å². The molecule has 1 heterocycles. The van der Waals surface area contributed by atoms with Gasteiger partial charge in [0.05, 0.1) is 16.7 Å². The summed E-state index contributed by atoms with van der Waals surface area (Å²) in [5, 5.41) is 10.4. The Morgan fingerprint density at radius 3 is 2.53 bits per heavy atom. The van der Waals surface area contributed by atoms with Crippen LogP contribution in [-0.2, 0) is 6.54 Å². The van der Waals surface area contributed by atoms with Crippen LogP contribution in [-0.4, -0.2) is 16.3 Å². The second-order valence-corrected chi connectivity index (χ2v) is 2.84. The Hall–Kier alpha value is -2.10. The van der Waals surface area contributed by atoms with Gasteiger partial charge in [0.25, 0.3) is 0 Å². The highest BCUT2D eigenvalue weighted by Crippen LogP contribution is 2.26. The van der Waals surface area contributed by atoms with E-state index in [2.05, 4.69) is 4.74 Å².